The first-order chi connectivity index (χ1) is 17.4. The smallest absolute Gasteiger partial charge is 0.289 e. The zero-order valence-electron chi connectivity index (χ0n) is 20.0. The summed E-state index contributed by atoms with van der Waals surface area (Å²) in [6.45, 7) is 6.53. The number of H-pyrrole nitrogens is 1. The highest BCUT2D eigenvalue weighted by Gasteiger charge is 2.26. The fraction of sp³-hybridized carbons (Fsp3) is 0.200. The number of anilines is 3. The summed E-state index contributed by atoms with van der Waals surface area (Å²) in [5.74, 6) is 1.70. The fourth-order valence-corrected chi connectivity index (χ4v) is 3.65. The van der Waals surface area contributed by atoms with Crippen LogP contribution in [0.5, 0.6) is 11.6 Å². The van der Waals surface area contributed by atoms with Gasteiger partial charge in [-0.15, -0.1) is 0 Å². The van der Waals surface area contributed by atoms with Gasteiger partial charge in [0.15, 0.2) is 0 Å². The summed E-state index contributed by atoms with van der Waals surface area (Å²) in [5, 5.41) is 14.6. The highest BCUT2D eigenvalue weighted by molar-refractivity contribution is 5.97. The summed E-state index contributed by atoms with van der Waals surface area (Å²) >= 11 is 0. The van der Waals surface area contributed by atoms with Gasteiger partial charge in [-0.05, 0) is 62.7 Å². The van der Waals surface area contributed by atoms with Crippen LogP contribution >= 0.6 is 0 Å². The molecular formula is C25H25N9O2. The fourth-order valence-electron chi connectivity index (χ4n) is 3.65. The molecule has 0 aliphatic carbocycles. The van der Waals surface area contributed by atoms with Crippen LogP contribution in [0.25, 0.3) is 10.9 Å². The molecule has 0 unspecified atom stereocenters. The van der Waals surface area contributed by atoms with E-state index in [0.29, 0.717) is 35.6 Å². The number of rotatable bonds is 6. The van der Waals surface area contributed by atoms with E-state index >= 15 is 0 Å². The summed E-state index contributed by atoms with van der Waals surface area (Å²) < 4.78 is 11.6. The number of hydrogen-bond acceptors (Lipinski definition) is 9. The van der Waals surface area contributed by atoms with Crippen LogP contribution in [0.4, 0.5) is 17.2 Å². The van der Waals surface area contributed by atoms with E-state index in [2.05, 4.69) is 40.6 Å². The number of benzene rings is 2. The van der Waals surface area contributed by atoms with Gasteiger partial charge >= 0.3 is 0 Å². The lowest BCUT2D eigenvalue weighted by Gasteiger charge is -2.13. The minimum absolute atomic E-state index is 0.240. The Morgan fingerprint density at radius 3 is 2.69 bits per heavy atom. The molecule has 0 amide bonds. The van der Waals surface area contributed by atoms with Crippen LogP contribution in [-0.2, 0) is 4.74 Å². The van der Waals surface area contributed by atoms with Gasteiger partial charge in [0.05, 0.1) is 17.4 Å². The van der Waals surface area contributed by atoms with Crippen molar-refractivity contribution in [2.75, 3.05) is 17.2 Å². The Balaban J connectivity index is 1.37. The number of ether oxygens (including phenoxy) is 2. The molecule has 0 bridgehead atoms. The van der Waals surface area contributed by atoms with Crippen LogP contribution in [-0.4, -0.2) is 44.4 Å². The molecule has 0 saturated heterocycles. The zero-order valence-corrected chi connectivity index (χ0v) is 20.0. The third kappa shape index (κ3) is 5.14. The Labute approximate surface area is 206 Å². The number of aryl methyl sites for hydroxylation is 1. The summed E-state index contributed by atoms with van der Waals surface area (Å²) in [4.78, 5) is 24.3. The van der Waals surface area contributed by atoms with E-state index in [4.69, 9.17) is 14.9 Å². The topological polar surface area (TPSA) is 146 Å². The lowest BCUT2D eigenvalue weighted by molar-refractivity contribution is 0.278. The lowest BCUT2D eigenvalue weighted by Crippen LogP contribution is -2.17. The van der Waals surface area contributed by atoms with Crippen molar-refractivity contribution in [3.05, 3.63) is 66.2 Å². The number of nitrogens with zero attached hydrogens (tertiary/aromatic N) is 5. The molecule has 2 aromatic carbocycles. The largest absolute Gasteiger partial charge is 0.462 e. The second-order valence-corrected chi connectivity index (χ2v) is 8.83. The maximum atomic E-state index is 7.10. The minimum Gasteiger partial charge on any atom is -0.462 e. The molecule has 11 nitrogen and oxygen atoms in total. The number of amidine groups is 1. The van der Waals surface area contributed by atoms with E-state index in [1.165, 1.54) is 12.7 Å². The van der Waals surface area contributed by atoms with Crippen molar-refractivity contribution < 1.29 is 9.47 Å². The van der Waals surface area contributed by atoms with Crippen LogP contribution < -0.4 is 20.9 Å². The van der Waals surface area contributed by atoms with Crippen molar-refractivity contribution >= 4 is 40.5 Å². The Morgan fingerprint density at radius 1 is 1.08 bits per heavy atom. The molecule has 4 N–H and O–H groups in total. The van der Waals surface area contributed by atoms with Crippen LogP contribution in [0.15, 0.2) is 65.1 Å². The molecule has 4 aromatic rings. The lowest BCUT2D eigenvalue weighted by atomic mass is 10.1. The van der Waals surface area contributed by atoms with Crippen molar-refractivity contribution in [2.24, 2.45) is 9.98 Å². The van der Waals surface area contributed by atoms with Gasteiger partial charge in [0.25, 0.3) is 6.02 Å². The second-order valence-electron chi connectivity index (χ2n) is 8.83. The SMILES string of the molecule is Cc1cc(Nc2ncnc3ccc(NC4=NC(C)(C)CO4)cc23)ccc1Oc1c/c(=N/C=N)[nH]cn1. The second kappa shape index (κ2) is 9.45. The van der Waals surface area contributed by atoms with E-state index in [1.54, 1.807) is 6.07 Å². The Morgan fingerprint density at radius 2 is 1.92 bits per heavy atom. The molecule has 1 aliphatic rings. The predicted molar refractivity (Wildman–Crippen MR) is 138 cm³/mol. The standard InChI is InChI=1S/C25H25N9O2/c1-15-8-16(5-7-20(15)36-22-10-21(27-12-26)29-14-30-22)32-23-18-9-17(4-6-19(18)28-13-31-23)33-24-34-25(2,3)11-35-24/h4-10,12-14H,11H2,1-3H3,(H,33,34)(H,28,31,32)(H2,26,27,29,30). The number of aromatic amines is 1. The maximum absolute atomic E-state index is 7.10. The van der Waals surface area contributed by atoms with E-state index in [1.807, 2.05) is 57.2 Å². The van der Waals surface area contributed by atoms with E-state index in [-0.39, 0.29) is 5.54 Å². The Hall–Kier alpha value is -4.80. The van der Waals surface area contributed by atoms with Gasteiger partial charge in [0.1, 0.15) is 36.3 Å². The highest BCUT2D eigenvalue weighted by Crippen LogP contribution is 2.30. The van der Waals surface area contributed by atoms with E-state index in [0.717, 1.165) is 34.2 Å². The monoisotopic (exact) mass is 483 g/mol. The van der Waals surface area contributed by atoms with Gasteiger partial charge in [-0.3, -0.25) is 5.41 Å². The predicted octanol–water partition coefficient (Wildman–Crippen LogP) is 4.28. The van der Waals surface area contributed by atoms with E-state index in [9.17, 15) is 0 Å². The van der Waals surface area contributed by atoms with Gasteiger partial charge in [0, 0.05) is 22.8 Å². The maximum Gasteiger partial charge on any atom is 0.289 e. The Kier molecular flexibility index (Phi) is 6.03. The molecule has 0 spiro atoms. The third-order valence-corrected chi connectivity index (χ3v) is 5.37. The first-order valence-corrected chi connectivity index (χ1v) is 11.3. The average molecular weight is 484 g/mol. The molecule has 182 valence electrons. The van der Waals surface area contributed by atoms with Crippen LogP contribution in [0.3, 0.4) is 0 Å². The first-order valence-electron chi connectivity index (χ1n) is 11.3. The molecule has 0 radical (unpaired) electrons. The van der Waals surface area contributed by atoms with Crippen molar-refractivity contribution in [3.63, 3.8) is 0 Å². The number of fused-ring (bicyclic) bond motifs is 1. The average Bonchev–Trinajstić information content (AvgIpc) is 3.19. The number of aliphatic imine (C=N–C) groups is 1. The third-order valence-electron chi connectivity index (χ3n) is 5.37. The van der Waals surface area contributed by atoms with Crippen molar-refractivity contribution in [2.45, 2.75) is 26.3 Å². The zero-order chi connectivity index (χ0) is 25.1. The highest BCUT2D eigenvalue weighted by atomic mass is 16.5. The van der Waals surface area contributed by atoms with Gasteiger partial charge in [-0.1, -0.05) is 0 Å². The van der Waals surface area contributed by atoms with Crippen LogP contribution in [0.1, 0.15) is 19.4 Å². The number of aromatic nitrogens is 4. The molecule has 0 atom stereocenters. The Bertz CT molecular complexity index is 1540. The van der Waals surface area contributed by atoms with Gasteiger partial charge in [-0.25, -0.2) is 24.9 Å². The normalized spacial score (nSPS) is 14.8. The molecule has 0 fully saturated rings. The summed E-state index contributed by atoms with van der Waals surface area (Å²) in [7, 11) is 0. The molecular weight excluding hydrogens is 458 g/mol. The minimum atomic E-state index is -0.240. The molecule has 1 aliphatic heterocycles. The molecule has 3 heterocycles. The van der Waals surface area contributed by atoms with Gasteiger partial charge in [0.2, 0.25) is 5.88 Å². The van der Waals surface area contributed by atoms with Crippen molar-refractivity contribution in [1.82, 2.24) is 19.9 Å². The van der Waals surface area contributed by atoms with Gasteiger partial charge < -0.3 is 25.1 Å². The molecule has 2 aromatic heterocycles. The quantitative estimate of drug-likeness (QED) is 0.236. The van der Waals surface area contributed by atoms with Crippen LogP contribution in [0, 0.1) is 12.3 Å². The molecule has 36 heavy (non-hydrogen) atoms. The summed E-state index contributed by atoms with van der Waals surface area (Å²) in [5.41, 5.74) is 3.62. The number of hydrogen-bond donors (Lipinski definition) is 4. The van der Waals surface area contributed by atoms with Gasteiger partial charge in [-0.2, -0.15) is 0 Å². The summed E-state index contributed by atoms with van der Waals surface area (Å²) in [6, 6.07) is 13.7. The van der Waals surface area contributed by atoms with Crippen molar-refractivity contribution in [3.8, 4) is 11.6 Å². The molecule has 11 heteroatoms. The van der Waals surface area contributed by atoms with Crippen molar-refractivity contribution in [1.29, 1.82) is 5.41 Å². The van der Waals surface area contributed by atoms with Crippen LogP contribution in [0.2, 0.25) is 0 Å². The summed E-state index contributed by atoms with van der Waals surface area (Å²) in [6.07, 6.45) is 3.96. The van der Waals surface area contributed by atoms with E-state index < -0.39 is 0 Å². The number of nitrogens with one attached hydrogen (secondary N) is 4. The first kappa shape index (κ1) is 23.0. The molecule has 0 saturated carbocycles. The molecule has 5 rings (SSSR count).